The van der Waals surface area contributed by atoms with Crippen molar-refractivity contribution in [3.8, 4) is 0 Å². The Morgan fingerprint density at radius 2 is 1.51 bits per heavy atom. The van der Waals surface area contributed by atoms with E-state index in [-0.39, 0.29) is 10.6 Å². The minimum Gasteiger partial charge on any atom is -0.481 e. The number of fused-ring (bicyclic) bond motifs is 5. The number of carboxylic acids is 1. The first-order valence-corrected chi connectivity index (χ1v) is 21.7. The molecule has 2 aromatic rings. The predicted octanol–water partition coefficient (Wildman–Crippen LogP) is -5.03. The molecule has 24 heteroatoms. The Morgan fingerprint density at radius 1 is 0.841 bits per heavy atom. The highest BCUT2D eigenvalue weighted by Gasteiger charge is 2.45. The van der Waals surface area contributed by atoms with Crippen LogP contribution in [0.2, 0.25) is 0 Å². The van der Waals surface area contributed by atoms with E-state index in [1.165, 1.54) is 6.92 Å². The number of carboxylic acid groups (broad SMARTS) is 1. The topological polar surface area (TPSA) is 355 Å². The summed E-state index contributed by atoms with van der Waals surface area (Å²) in [6.07, 6.45) is -4.56. The van der Waals surface area contributed by atoms with E-state index in [1.807, 2.05) is 0 Å². The third-order valence-corrected chi connectivity index (χ3v) is 12.9. The second-order valence-corrected chi connectivity index (χ2v) is 17.3. The molecular formula is C39H53N9O14S. The molecule has 3 aliphatic rings. The first-order valence-electron chi connectivity index (χ1n) is 20.4. The number of aromatic amines is 1. The zero-order valence-corrected chi connectivity index (χ0v) is 35.5. The number of H-pyrrole nitrogens is 1. The first kappa shape index (κ1) is 48.1. The molecule has 0 spiro atoms. The molecule has 1 fully saturated rings. The SMILES string of the molecule is CCC(C)C1NC(=O)CNC(=O)C2Cc3c([nH]c4ccccc34)S(=O)CC(NC(=O)CNC1=O)C(=O)NC(CC(=O)O)C(=O)N1CC(O)CC1C(=O)NC(C(C)C(O)CO)C(=O)N2. The van der Waals surface area contributed by atoms with Crippen molar-refractivity contribution in [2.45, 2.75) is 99.9 Å². The van der Waals surface area contributed by atoms with E-state index >= 15 is 0 Å². The monoisotopic (exact) mass is 903 g/mol. The van der Waals surface area contributed by atoms with Crippen LogP contribution in [0.5, 0.6) is 0 Å². The summed E-state index contributed by atoms with van der Waals surface area (Å²) >= 11 is 0. The number of amides is 8. The lowest BCUT2D eigenvalue weighted by Gasteiger charge is -2.32. The largest absolute Gasteiger partial charge is 0.481 e. The van der Waals surface area contributed by atoms with Crippen LogP contribution in [0.4, 0.5) is 0 Å². The highest BCUT2D eigenvalue weighted by atomic mass is 32.2. The number of nitrogens with one attached hydrogen (secondary N) is 8. The minimum absolute atomic E-state index is 0.0825. The molecule has 0 aliphatic carbocycles. The van der Waals surface area contributed by atoms with Gasteiger partial charge in [-0.15, -0.1) is 0 Å². The summed E-state index contributed by atoms with van der Waals surface area (Å²) in [4.78, 5) is 127. The zero-order valence-electron chi connectivity index (χ0n) is 34.7. The van der Waals surface area contributed by atoms with Crippen LogP contribution in [-0.2, 0) is 60.4 Å². The fraction of sp³-hybridized carbons (Fsp3) is 0.564. The Balaban J connectivity index is 1.72. The van der Waals surface area contributed by atoms with Gasteiger partial charge in [0, 0.05) is 36.2 Å². The van der Waals surface area contributed by atoms with Crippen molar-refractivity contribution in [2.75, 3.05) is 32.0 Å². The molecule has 1 aromatic heterocycles. The van der Waals surface area contributed by atoms with Gasteiger partial charge in [0.15, 0.2) is 0 Å². The van der Waals surface area contributed by atoms with Crippen molar-refractivity contribution < 1.29 is 67.8 Å². The second-order valence-electron chi connectivity index (χ2n) is 15.9. The highest BCUT2D eigenvalue weighted by Crippen LogP contribution is 2.28. The number of aliphatic hydroxyl groups is 3. The highest BCUT2D eigenvalue weighted by molar-refractivity contribution is 7.85. The van der Waals surface area contributed by atoms with E-state index in [0.717, 1.165) is 4.90 Å². The van der Waals surface area contributed by atoms with Crippen molar-refractivity contribution in [3.05, 3.63) is 29.8 Å². The third-order valence-electron chi connectivity index (χ3n) is 11.4. The number of aliphatic carboxylic acids is 1. The van der Waals surface area contributed by atoms with Crippen LogP contribution in [-0.4, -0.2) is 168 Å². The molecular weight excluding hydrogens is 851 g/mol. The number of rotatable bonds is 7. The molecule has 1 saturated heterocycles. The summed E-state index contributed by atoms with van der Waals surface area (Å²) in [5, 5.41) is 58.4. The fourth-order valence-electron chi connectivity index (χ4n) is 7.63. The molecule has 23 nitrogen and oxygen atoms in total. The fourth-order valence-corrected chi connectivity index (χ4v) is 9.03. The molecule has 11 atom stereocenters. The van der Waals surface area contributed by atoms with Crippen LogP contribution >= 0.6 is 0 Å². The van der Waals surface area contributed by atoms with Gasteiger partial charge in [0.2, 0.25) is 47.3 Å². The number of hydrogen-bond donors (Lipinski definition) is 12. The van der Waals surface area contributed by atoms with Crippen molar-refractivity contribution >= 4 is 74.9 Å². The normalized spacial score (nSPS) is 28.8. The molecule has 2 bridgehead atoms. The Morgan fingerprint density at radius 3 is 2.17 bits per heavy atom. The van der Waals surface area contributed by atoms with Gasteiger partial charge in [-0.1, -0.05) is 45.4 Å². The van der Waals surface area contributed by atoms with Crippen LogP contribution in [0, 0.1) is 11.8 Å². The van der Waals surface area contributed by atoms with Crippen molar-refractivity contribution in [2.24, 2.45) is 11.8 Å². The molecule has 12 N–H and O–H groups in total. The second kappa shape index (κ2) is 20.9. The van der Waals surface area contributed by atoms with Crippen molar-refractivity contribution in [3.63, 3.8) is 0 Å². The average molecular weight is 904 g/mol. The molecule has 63 heavy (non-hydrogen) atoms. The van der Waals surface area contributed by atoms with E-state index in [4.69, 9.17) is 0 Å². The summed E-state index contributed by atoms with van der Waals surface area (Å²) in [7, 11) is -2.32. The third kappa shape index (κ3) is 11.5. The number of carbonyl (C=O) groups is 9. The van der Waals surface area contributed by atoms with Gasteiger partial charge in [-0.3, -0.25) is 47.4 Å². The summed E-state index contributed by atoms with van der Waals surface area (Å²) in [5.74, 6) is -12.2. The molecule has 5 rings (SSSR count). The van der Waals surface area contributed by atoms with Gasteiger partial charge in [-0.2, -0.15) is 0 Å². The average Bonchev–Trinajstić information content (AvgIpc) is 3.83. The standard InChI is InChI=1S/C39H53N9O14S/c1-4-17(2)31-36(59)41-12-28(52)42-25-16-63(62)38-21(20-7-5-6-8-22(20)45-38)10-23(33(56)40-13-29(53)46-31)43-37(60)32(18(3)27(51)15-49)47-35(58)26-9-19(50)14-48(26)39(61)24(11-30(54)55)44-34(25)57/h5-8,17-19,23-27,31-32,45,49-51H,4,9-16H2,1-3H3,(H,40,56)(H,41,59)(H,42,52)(H,43,60)(H,44,57)(H,46,53)(H,47,58)(H,54,55). The van der Waals surface area contributed by atoms with Crippen LogP contribution in [0.3, 0.4) is 0 Å². The maximum Gasteiger partial charge on any atom is 0.305 e. The van der Waals surface area contributed by atoms with Crippen LogP contribution in [0.15, 0.2) is 29.3 Å². The maximum atomic E-state index is 14.5. The first-order chi connectivity index (χ1) is 29.8. The van der Waals surface area contributed by atoms with Gasteiger partial charge in [-0.25, -0.2) is 0 Å². The molecule has 8 amide bonds. The zero-order chi connectivity index (χ0) is 46.3. The maximum absolute atomic E-state index is 14.5. The molecule has 0 saturated carbocycles. The van der Waals surface area contributed by atoms with E-state index in [9.17, 15) is 67.8 Å². The number of carbonyl (C=O) groups excluding carboxylic acids is 8. The van der Waals surface area contributed by atoms with Crippen LogP contribution < -0.4 is 37.2 Å². The smallest absolute Gasteiger partial charge is 0.305 e. The summed E-state index contributed by atoms with van der Waals surface area (Å²) in [6.45, 7) is 1.79. The summed E-state index contributed by atoms with van der Waals surface area (Å²) < 4.78 is 14.5. The van der Waals surface area contributed by atoms with Crippen LogP contribution in [0.1, 0.15) is 45.6 Å². The molecule has 4 heterocycles. The lowest BCUT2D eigenvalue weighted by Crippen LogP contribution is -2.62. The number of aromatic nitrogens is 1. The van der Waals surface area contributed by atoms with Crippen molar-refractivity contribution in [1.82, 2.24) is 47.1 Å². The van der Waals surface area contributed by atoms with Gasteiger partial charge in [0.05, 0.1) is 54.9 Å². The van der Waals surface area contributed by atoms with Gasteiger partial charge >= 0.3 is 5.97 Å². The Bertz CT molecular complexity index is 2150. The number of aliphatic hydroxyl groups excluding tert-OH is 3. The van der Waals surface area contributed by atoms with Gasteiger partial charge in [0.1, 0.15) is 41.3 Å². The van der Waals surface area contributed by atoms with E-state index in [2.05, 4.69) is 42.2 Å². The Hall–Kier alpha value is -5.98. The number of benzene rings is 1. The minimum atomic E-state index is -2.32. The van der Waals surface area contributed by atoms with Gasteiger partial charge in [-0.05, 0) is 17.5 Å². The number of nitrogens with zero attached hydrogens (tertiary/aromatic N) is 1. The summed E-state index contributed by atoms with van der Waals surface area (Å²) in [5.41, 5.74) is 0.560. The number of hydrogen-bond acceptors (Lipinski definition) is 13. The summed E-state index contributed by atoms with van der Waals surface area (Å²) in [6, 6.07) is -3.47. The van der Waals surface area contributed by atoms with E-state index in [0.29, 0.717) is 17.3 Å². The molecule has 11 unspecified atom stereocenters. The predicted molar refractivity (Wildman–Crippen MR) is 219 cm³/mol. The quantitative estimate of drug-likeness (QED) is 0.124. The van der Waals surface area contributed by atoms with Gasteiger partial charge < -0.3 is 67.5 Å². The lowest BCUT2D eigenvalue weighted by molar-refractivity contribution is -0.146. The molecule has 1 aromatic carbocycles. The molecule has 0 radical (unpaired) electrons. The van der Waals surface area contributed by atoms with E-state index < -0.39 is 176 Å². The number of para-hydroxylation sites is 1. The molecule has 3 aliphatic heterocycles. The Labute approximate surface area is 362 Å². The molecule has 344 valence electrons. The lowest BCUT2D eigenvalue weighted by atomic mass is 9.93. The van der Waals surface area contributed by atoms with Crippen molar-refractivity contribution in [1.29, 1.82) is 0 Å². The van der Waals surface area contributed by atoms with Gasteiger partial charge in [0.25, 0.3) is 0 Å². The Kier molecular flexibility index (Phi) is 16.0. The van der Waals surface area contributed by atoms with Crippen LogP contribution in [0.25, 0.3) is 10.9 Å². The van der Waals surface area contributed by atoms with E-state index in [1.54, 1.807) is 38.1 Å².